The summed E-state index contributed by atoms with van der Waals surface area (Å²) in [4.78, 5) is 22.2. The van der Waals surface area contributed by atoms with Gasteiger partial charge in [0, 0.05) is 6.54 Å². The van der Waals surface area contributed by atoms with Crippen molar-refractivity contribution in [2.45, 2.75) is 13.3 Å². The summed E-state index contributed by atoms with van der Waals surface area (Å²) < 4.78 is 4.55. The second-order valence-corrected chi connectivity index (χ2v) is 3.00. The van der Waals surface area contributed by atoms with Crippen molar-refractivity contribution in [1.82, 2.24) is 5.32 Å². The number of rotatable bonds is 2. The van der Waals surface area contributed by atoms with E-state index in [2.05, 4.69) is 10.1 Å². The summed E-state index contributed by atoms with van der Waals surface area (Å²) in [6, 6.07) is 0. The molecule has 1 aliphatic heterocycles. The van der Waals surface area contributed by atoms with Gasteiger partial charge in [0.15, 0.2) is 0 Å². The summed E-state index contributed by atoms with van der Waals surface area (Å²) in [5.41, 5.74) is 0. The zero-order valence-corrected chi connectivity index (χ0v) is 7.29. The fraction of sp³-hybridized carbons (Fsp3) is 0.750. The number of methoxy groups -OCH3 is 1. The molecule has 0 aliphatic carbocycles. The number of nitrogens with one attached hydrogen (secondary N) is 1. The lowest BCUT2D eigenvalue weighted by Gasteiger charge is -2.13. The predicted molar refractivity (Wildman–Crippen MR) is 42.3 cm³/mol. The third-order valence-corrected chi connectivity index (χ3v) is 2.27. The zero-order valence-electron chi connectivity index (χ0n) is 7.29. The molecule has 1 amide bonds. The van der Waals surface area contributed by atoms with Crippen molar-refractivity contribution in [2.24, 2.45) is 11.8 Å². The second-order valence-electron chi connectivity index (χ2n) is 3.00. The molecule has 2 atom stereocenters. The highest BCUT2D eigenvalue weighted by molar-refractivity contribution is 5.86. The predicted octanol–water partition coefficient (Wildman–Crippen LogP) is -0.0684. The van der Waals surface area contributed by atoms with Gasteiger partial charge in [0.05, 0.1) is 18.9 Å². The van der Waals surface area contributed by atoms with Gasteiger partial charge < -0.3 is 10.1 Å². The number of hydrogen-bond acceptors (Lipinski definition) is 3. The molecule has 1 aliphatic rings. The van der Waals surface area contributed by atoms with E-state index in [1.165, 1.54) is 7.11 Å². The summed E-state index contributed by atoms with van der Waals surface area (Å²) in [6.45, 7) is 2.40. The van der Waals surface area contributed by atoms with Crippen molar-refractivity contribution < 1.29 is 14.3 Å². The van der Waals surface area contributed by atoms with Crippen LogP contribution < -0.4 is 5.32 Å². The van der Waals surface area contributed by atoms with Gasteiger partial charge in [-0.05, 0) is 6.42 Å². The van der Waals surface area contributed by atoms with Crippen LogP contribution in [0, 0.1) is 11.8 Å². The van der Waals surface area contributed by atoms with Crippen molar-refractivity contribution in [1.29, 1.82) is 0 Å². The van der Waals surface area contributed by atoms with Crippen molar-refractivity contribution in [3.63, 3.8) is 0 Å². The Balaban J connectivity index is 2.57. The highest BCUT2D eigenvalue weighted by Gasteiger charge is 2.33. The minimum absolute atomic E-state index is 0.0344. The van der Waals surface area contributed by atoms with E-state index in [4.69, 9.17) is 0 Å². The molecule has 4 nitrogen and oxygen atoms in total. The number of carbonyl (C=O) groups excluding carboxylic acids is 2. The molecule has 0 aromatic carbocycles. The smallest absolute Gasteiger partial charge is 0.309 e. The number of carbonyl (C=O) groups is 2. The lowest BCUT2D eigenvalue weighted by atomic mass is 9.93. The van der Waals surface area contributed by atoms with Crippen molar-refractivity contribution in [3.05, 3.63) is 0 Å². The van der Waals surface area contributed by atoms with Gasteiger partial charge in [-0.15, -0.1) is 0 Å². The Hall–Kier alpha value is -1.06. The van der Waals surface area contributed by atoms with E-state index in [1.54, 1.807) is 6.92 Å². The molecule has 0 aromatic rings. The lowest BCUT2D eigenvalue weighted by Crippen LogP contribution is -2.28. The van der Waals surface area contributed by atoms with Crippen molar-refractivity contribution >= 4 is 11.9 Å². The van der Waals surface area contributed by atoms with Crippen LogP contribution >= 0.6 is 0 Å². The van der Waals surface area contributed by atoms with Crippen LogP contribution in [-0.4, -0.2) is 25.5 Å². The summed E-state index contributed by atoms with van der Waals surface area (Å²) in [6.07, 6.45) is 0.731. The molecule has 68 valence electrons. The Kier molecular flexibility index (Phi) is 2.68. The molecule has 1 N–H and O–H groups in total. The Morgan fingerprint density at radius 2 is 2.42 bits per heavy atom. The molecule has 1 saturated heterocycles. The molecule has 4 heteroatoms. The Bertz CT molecular complexity index is 202. The van der Waals surface area contributed by atoms with E-state index in [-0.39, 0.29) is 23.7 Å². The van der Waals surface area contributed by atoms with Crippen LogP contribution in [0.4, 0.5) is 0 Å². The molecular formula is C8H13NO3. The number of hydrogen-bond donors (Lipinski definition) is 1. The minimum atomic E-state index is -0.322. The second kappa shape index (κ2) is 3.56. The van der Waals surface area contributed by atoms with Gasteiger partial charge in [0.25, 0.3) is 0 Å². The zero-order chi connectivity index (χ0) is 9.14. The first-order valence-electron chi connectivity index (χ1n) is 4.02. The number of ether oxygens (including phenoxy) is 1. The fourth-order valence-corrected chi connectivity index (χ4v) is 1.44. The molecule has 0 saturated carbocycles. The topological polar surface area (TPSA) is 55.4 Å². The Morgan fingerprint density at radius 3 is 2.83 bits per heavy atom. The van der Waals surface area contributed by atoms with Crippen molar-refractivity contribution in [2.75, 3.05) is 13.7 Å². The van der Waals surface area contributed by atoms with Crippen LogP contribution in [0.2, 0.25) is 0 Å². The highest BCUT2D eigenvalue weighted by atomic mass is 16.5. The minimum Gasteiger partial charge on any atom is -0.469 e. The van der Waals surface area contributed by atoms with Crippen molar-refractivity contribution in [3.8, 4) is 0 Å². The SMILES string of the molecule is COC(=O)C(C)[C@@H]1CCNC1=O. The maximum absolute atomic E-state index is 11.1. The Morgan fingerprint density at radius 1 is 1.75 bits per heavy atom. The van der Waals surface area contributed by atoms with E-state index in [1.807, 2.05) is 0 Å². The monoisotopic (exact) mass is 171 g/mol. The van der Waals surface area contributed by atoms with Gasteiger partial charge in [-0.3, -0.25) is 9.59 Å². The standard InChI is InChI=1S/C8H13NO3/c1-5(8(11)12-2)6-3-4-9-7(6)10/h5-6H,3-4H2,1-2H3,(H,9,10)/t5?,6-/m0/s1. The van der Waals surface area contributed by atoms with Gasteiger partial charge >= 0.3 is 5.97 Å². The van der Waals surface area contributed by atoms with Gasteiger partial charge in [0.1, 0.15) is 0 Å². The fourth-order valence-electron chi connectivity index (χ4n) is 1.44. The Labute approximate surface area is 71.3 Å². The molecule has 0 bridgehead atoms. The van der Waals surface area contributed by atoms with E-state index in [0.717, 1.165) is 6.42 Å². The highest BCUT2D eigenvalue weighted by Crippen LogP contribution is 2.20. The first-order valence-corrected chi connectivity index (χ1v) is 4.02. The van der Waals surface area contributed by atoms with E-state index < -0.39 is 0 Å². The van der Waals surface area contributed by atoms with Gasteiger partial charge in [-0.2, -0.15) is 0 Å². The van der Waals surface area contributed by atoms with Crippen LogP contribution in [0.15, 0.2) is 0 Å². The molecule has 0 spiro atoms. The number of amides is 1. The van der Waals surface area contributed by atoms with Gasteiger partial charge in [-0.1, -0.05) is 6.92 Å². The lowest BCUT2D eigenvalue weighted by molar-refractivity contribution is -0.148. The van der Waals surface area contributed by atoms with E-state index >= 15 is 0 Å². The quantitative estimate of drug-likeness (QED) is 0.592. The summed E-state index contributed by atoms with van der Waals surface area (Å²) in [7, 11) is 1.34. The first kappa shape index (κ1) is 9.03. The summed E-state index contributed by atoms with van der Waals surface area (Å²) in [5, 5.41) is 2.68. The molecule has 1 rings (SSSR count). The van der Waals surface area contributed by atoms with Gasteiger partial charge in [0.2, 0.25) is 5.91 Å². The first-order chi connectivity index (χ1) is 5.66. The molecular weight excluding hydrogens is 158 g/mol. The molecule has 12 heavy (non-hydrogen) atoms. The molecule has 1 heterocycles. The third kappa shape index (κ3) is 1.57. The third-order valence-electron chi connectivity index (χ3n) is 2.27. The number of esters is 1. The normalized spacial score (nSPS) is 24.8. The van der Waals surface area contributed by atoms with Crippen LogP contribution in [0.3, 0.4) is 0 Å². The van der Waals surface area contributed by atoms with Crippen LogP contribution in [-0.2, 0) is 14.3 Å². The van der Waals surface area contributed by atoms with Gasteiger partial charge in [-0.25, -0.2) is 0 Å². The molecule has 0 radical (unpaired) electrons. The average molecular weight is 171 g/mol. The molecule has 1 unspecified atom stereocenters. The van der Waals surface area contributed by atoms with E-state index in [9.17, 15) is 9.59 Å². The summed E-state index contributed by atoms with van der Waals surface area (Å²) in [5.74, 6) is -0.861. The maximum Gasteiger partial charge on any atom is 0.309 e. The van der Waals surface area contributed by atoms with E-state index in [0.29, 0.717) is 6.54 Å². The largest absolute Gasteiger partial charge is 0.469 e. The van der Waals surface area contributed by atoms with Crippen LogP contribution in [0.25, 0.3) is 0 Å². The average Bonchev–Trinajstić information content (AvgIpc) is 2.48. The van der Waals surface area contributed by atoms with Crippen LogP contribution in [0.5, 0.6) is 0 Å². The van der Waals surface area contributed by atoms with Crippen LogP contribution in [0.1, 0.15) is 13.3 Å². The summed E-state index contributed by atoms with van der Waals surface area (Å²) >= 11 is 0. The maximum atomic E-state index is 11.1. The molecule has 0 aromatic heterocycles. The molecule has 1 fully saturated rings.